The summed E-state index contributed by atoms with van der Waals surface area (Å²) in [5, 5.41) is 9.10. The monoisotopic (exact) mass is 315 g/mol. The van der Waals surface area contributed by atoms with Crippen molar-refractivity contribution in [2.45, 2.75) is 51.0 Å². The minimum Gasteiger partial charge on any atom is -0.326 e. The predicted molar refractivity (Wildman–Crippen MR) is 91.3 cm³/mol. The quantitative estimate of drug-likeness (QED) is 0.800. The molecular weight excluding hydrogens is 290 g/mol. The molecule has 1 unspecified atom stereocenters. The van der Waals surface area contributed by atoms with Gasteiger partial charge in [-0.1, -0.05) is 25.3 Å². The number of benzene rings is 1. The van der Waals surface area contributed by atoms with Gasteiger partial charge in [0.15, 0.2) is 0 Å². The van der Waals surface area contributed by atoms with E-state index in [1.165, 1.54) is 6.42 Å². The Hall–Kier alpha value is -1.88. The van der Waals surface area contributed by atoms with Gasteiger partial charge < -0.3 is 16.0 Å². The van der Waals surface area contributed by atoms with Crippen molar-refractivity contribution in [2.75, 3.05) is 17.2 Å². The van der Waals surface area contributed by atoms with Gasteiger partial charge in [0.1, 0.15) is 0 Å². The molecule has 5 heteroatoms. The third kappa shape index (κ3) is 4.32. The van der Waals surface area contributed by atoms with E-state index in [0.717, 1.165) is 56.4 Å². The van der Waals surface area contributed by atoms with Gasteiger partial charge in [-0.05, 0) is 50.4 Å². The molecule has 1 atom stereocenters. The number of hydrogen-bond acceptors (Lipinski definition) is 3. The van der Waals surface area contributed by atoms with Crippen molar-refractivity contribution in [3.8, 4) is 0 Å². The highest BCUT2D eigenvalue weighted by Gasteiger charge is 2.23. The second-order valence-corrected chi connectivity index (χ2v) is 6.54. The lowest BCUT2D eigenvalue weighted by Crippen LogP contribution is -2.35. The van der Waals surface area contributed by atoms with Crippen LogP contribution in [0.1, 0.15) is 44.9 Å². The molecule has 5 nitrogen and oxygen atoms in total. The fourth-order valence-corrected chi connectivity index (χ4v) is 3.42. The number of anilines is 2. The molecule has 1 aliphatic carbocycles. The third-order valence-corrected chi connectivity index (χ3v) is 4.75. The Morgan fingerprint density at radius 2 is 1.61 bits per heavy atom. The van der Waals surface area contributed by atoms with Crippen molar-refractivity contribution >= 4 is 23.2 Å². The van der Waals surface area contributed by atoms with Crippen molar-refractivity contribution in [3.63, 3.8) is 0 Å². The zero-order valence-electron chi connectivity index (χ0n) is 13.4. The summed E-state index contributed by atoms with van der Waals surface area (Å²) in [7, 11) is 0. The zero-order chi connectivity index (χ0) is 16.1. The molecule has 1 aliphatic heterocycles. The maximum atomic E-state index is 12.3. The van der Waals surface area contributed by atoms with E-state index >= 15 is 0 Å². The summed E-state index contributed by atoms with van der Waals surface area (Å²) in [6, 6.07) is 7.30. The first-order chi connectivity index (χ1) is 11.2. The van der Waals surface area contributed by atoms with Gasteiger partial charge in [-0.25, -0.2) is 0 Å². The number of carbonyl (C=O) groups excluding carboxylic acids is 2. The van der Waals surface area contributed by atoms with E-state index in [1.54, 1.807) is 0 Å². The molecule has 1 aromatic rings. The molecule has 1 saturated carbocycles. The summed E-state index contributed by atoms with van der Waals surface area (Å²) >= 11 is 0. The first kappa shape index (κ1) is 16.0. The Bertz CT molecular complexity index is 561. The second kappa shape index (κ2) is 7.59. The molecule has 1 heterocycles. The second-order valence-electron chi connectivity index (χ2n) is 6.54. The molecule has 0 spiro atoms. The molecule has 2 aliphatic rings. The van der Waals surface area contributed by atoms with Gasteiger partial charge in [-0.2, -0.15) is 0 Å². The largest absolute Gasteiger partial charge is 0.326 e. The average molecular weight is 315 g/mol. The number of hydrogen-bond donors (Lipinski definition) is 3. The molecule has 1 aromatic carbocycles. The van der Waals surface area contributed by atoms with E-state index in [-0.39, 0.29) is 23.8 Å². The van der Waals surface area contributed by atoms with Gasteiger partial charge in [-0.15, -0.1) is 0 Å². The van der Waals surface area contributed by atoms with Crippen molar-refractivity contribution in [2.24, 2.45) is 5.92 Å². The third-order valence-electron chi connectivity index (χ3n) is 4.75. The zero-order valence-corrected chi connectivity index (χ0v) is 13.4. The van der Waals surface area contributed by atoms with E-state index in [9.17, 15) is 9.59 Å². The van der Waals surface area contributed by atoms with E-state index in [1.807, 2.05) is 24.3 Å². The van der Waals surface area contributed by atoms with Crippen LogP contribution >= 0.6 is 0 Å². The maximum Gasteiger partial charge on any atom is 0.241 e. The summed E-state index contributed by atoms with van der Waals surface area (Å²) in [5.74, 6) is 0.230. The molecule has 2 amide bonds. The van der Waals surface area contributed by atoms with Gasteiger partial charge in [0.25, 0.3) is 0 Å². The first-order valence-corrected chi connectivity index (χ1v) is 8.67. The topological polar surface area (TPSA) is 70.2 Å². The molecule has 23 heavy (non-hydrogen) atoms. The van der Waals surface area contributed by atoms with E-state index in [4.69, 9.17) is 0 Å². The predicted octanol–water partition coefficient (Wildman–Crippen LogP) is 2.90. The van der Waals surface area contributed by atoms with Gasteiger partial charge in [-0.3, -0.25) is 9.59 Å². The van der Waals surface area contributed by atoms with E-state index in [2.05, 4.69) is 16.0 Å². The Balaban J connectivity index is 1.58. The van der Waals surface area contributed by atoms with Crippen LogP contribution in [0.5, 0.6) is 0 Å². The lowest BCUT2D eigenvalue weighted by Gasteiger charge is -2.21. The summed E-state index contributed by atoms with van der Waals surface area (Å²) in [5.41, 5.74) is 1.47. The van der Waals surface area contributed by atoms with Gasteiger partial charge in [0.2, 0.25) is 11.8 Å². The van der Waals surface area contributed by atoms with Crippen molar-refractivity contribution in [1.82, 2.24) is 5.32 Å². The van der Waals surface area contributed by atoms with Crippen LogP contribution < -0.4 is 16.0 Å². The SMILES string of the molecule is O=C(Nc1cccc(NC(=O)C2CCCN2)c1)C1CCCCC1. The van der Waals surface area contributed by atoms with Crippen LogP contribution in [0.2, 0.25) is 0 Å². The van der Waals surface area contributed by atoms with Crippen LogP contribution in [-0.2, 0) is 9.59 Å². The summed E-state index contributed by atoms with van der Waals surface area (Å²) in [4.78, 5) is 24.4. The molecule has 0 bridgehead atoms. The maximum absolute atomic E-state index is 12.3. The Morgan fingerprint density at radius 3 is 2.26 bits per heavy atom. The van der Waals surface area contributed by atoms with Crippen molar-refractivity contribution < 1.29 is 9.59 Å². The van der Waals surface area contributed by atoms with Gasteiger partial charge in [0, 0.05) is 17.3 Å². The first-order valence-electron chi connectivity index (χ1n) is 8.67. The average Bonchev–Trinajstić information content (AvgIpc) is 3.10. The number of amides is 2. The van der Waals surface area contributed by atoms with Crippen LogP contribution in [0, 0.1) is 5.92 Å². The minimum atomic E-state index is -0.101. The number of nitrogens with one attached hydrogen (secondary N) is 3. The smallest absolute Gasteiger partial charge is 0.241 e. The minimum absolute atomic E-state index is 0.00161. The number of carbonyl (C=O) groups is 2. The normalized spacial score (nSPS) is 21.8. The Labute approximate surface area is 137 Å². The summed E-state index contributed by atoms with van der Waals surface area (Å²) in [6.07, 6.45) is 7.40. The summed E-state index contributed by atoms with van der Waals surface area (Å²) in [6.45, 7) is 0.898. The highest BCUT2D eigenvalue weighted by Crippen LogP contribution is 2.25. The lowest BCUT2D eigenvalue weighted by molar-refractivity contribution is -0.120. The summed E-state index contributed by atoms with van der Waals surface area (Å²) < 4.78 is 0. The molecule has 3 rings (SSSR count). The van der Waals surface area contributed by atoms with Crippen LogP contribution in [-0.4, -0.2) is 24.4 Å². The van der Waals surface area contributed by atoms with Gasteiger partial charge >= 0.3 is 0 Å². The molecule has 0 aromatic heterocycles. The molecule has 3 N–H and O–H groups in total. The lowest BCUT2D eigenvalue weighted by atomic mass is 9.88. The fourth-order valence-electron chi connectivity index (χ4n) is 3.42. The standard InChI is InChI=1S/C18H25N3O2/c22-17(13-6-2-1-3-7-13)20-14-8-4-9-15(12-14)21-18(23)16-10-5-11-19-16/h4,8-9,12-13,16,19H,1-3,5-7,10-11H2,(H,20,22)(H,21,23). The molecule has 124 valence electrons. The van der Waals surface area contributed by atoms with E-state index < -0.39 is 0 Å². The van der Waals surface area contributed by atoms with Crippen LogP contribution in [0.4, 0.5) is 11.4 Å². The Kier molecular flexibility index (Phi) is 5.28. The Morgan fingerprint density at radius 1 is 0.913 bits per heavy atom. The highest BCUT2D eigenvalue weighted by molar-refractivity contribution is 5.97. The molecule has 1 saturated heterocycles. The van der Waals surface area contributed by atoms with Crippen molar-refractivity contribution in [1.29, 1.82) is 0 Å². The molecular formula is C18H25N3O2. The number of rotatable bonds is 4. The highest BCUT2D eigenvalue weighted by atomic mass is 16.2. The molecule has 0 radical (unpaired) electrons. The van der Waals surface area contributed by atoms with Gasteiger partial charge in [0.05, 0.1) is 6.04 Å². The van der Waals surface area contributed by atoms with Crippen LogP contribution in [0.15, 0.2) is 24.3 Å². The van der Waals surface area contributed by atoms with E-state index in [0.29, 0.717) is 0 Å². The fraction of sp³-hybridized carbons (Fsp3) is 0.556. The van der Waals surface area contributed by atoms with Crippen LogP contribution in [0.25, 0.3) is 0 Å². The molecule has 2 fully saturated rings. The van der Waals surface area contributed by atoms with Crippen LogP contribution in [0.3, 0.4) is 0 Å². The van der Waals surface area contributed by atoms with Crippen molar-refractivity contribution in [3.05, 3.63) is 24.3 Å².